The van der Waals surface area contributed by atoms with Crippen LogP contribution in [0.25, 0.3) is 0 Å². The molecule has 0 fully saturated rings. The van der Waals surface area contributed by atoms with Crippen molar-refractivity contribution < 1.29 is 23.4 Å². The van der Waals surface area contributed by atoms with E-state index in [4.69, 9.17) is 37.0 Å². The summed E-state index contributed by atoms with van der Waals surface area (Å²) >= 11 is 5.71. The van der Waals surface area contributed by atoms with Crippen LogP contribution in [-0.2, 0) is 11.3 Å². The summed E-state index contributed by atoms with van der Waals surface area (Å²) in [6, 6.07) is 11.7. The molecule has 3 rings (SSSR count). The van der Waals surface area contributed by atoms with Gasteiger partial charge in [-0.25, -0.2) is 9.37 Å². The number of aromatic nitrogens is 1. The van der Waals surface area contributed by atoms with Crippen LogP contribution in [0.2, 0.25) is 5.02 Å². The summed E-state index contributed by atoms with van der Waals surface area (Å²) < 4.78 is 29.0. The molecule has 0 saturated heterocycles. The first-order valence-electron chi connectivity index (χ1n) is 9.59. The van der Waals surface area contributed by atoms with Crippen molar-refractivity contribution in [1.82, 2.24) is 4.98 Å². The number of methoxy groups -OCH3 is 2. The summed E-state index contributed by atoms with van der Waals surface area (Å²) in [5, 5.41) is 10.4. The van der Waals surface area contributed by atoms with E-state index in [1.807, 2.05) is 12.1 Å². The molecule has 0 atom stereocenters. The first kappa shape index (κ1) is 25.4. The molecule has 0 aliphatic carbocycles. The number of hydrogen-bond acceptors (Lipinski definition) is 8. The molecule has 3 aromatic rings. The molecule has 8 nitrogen and oxygen atoms in total. The summed E-state index contributed by atoms with van der Waals surface area (Å²) in [5.74, 6) is 0.288. The number of carbonyl (C=O) groups excluding carboxylic acids is 1. The molecule has 1 aromatic heterocycles. The van der Waals surface area contributed by atoms with Crippen LogP contribution in [0.4, 0.5) is 15.9 Å². The van der Waals surface area contributed by atoms with Crippen LogP contribution in [0.15, 0.2) is 48.7 Å². The van der Waals surface area contributed by atoms with Gasteiger partial charge in [0.25, 0.3) is 0 Å². The molecule has 1 heterocycles. The highest BCUT2D eigenvalue weighted by molar-refractivity contribution is 6.33. The molecule has 2 aromatic carbocycles. The first-order valence-corrected chi connectivity index (χ1v) is 9.97. The van der Waals surface area contributed by atoms with Gasteiger partial charge in [-0.1, -0.05) is 23.7 Å². The SMILES string of the molecule is CNc1cnc(N)c(C(=N)OC)c1.COc1ccc(COc2ccc(Cl)c(C=O)c2F)cc1. The summed E-state index contributed by atoms with van der Waals surface area (Å²) in [7, 11) is 4.77. The topological polar surface area (TPSA) is 120 Å². The van der Waals surface area contributed by atoms with Crippen molar-refractivity contribution in [3.8, 4) is 11.5 Å². The van der Waals surface area contributed by atoms with Gasteiger partial charge in [0.05, 0.1) is 42.3 Å². The van der Waals surface area contributed by atoms with E-state index in [1.54, 1.807) is 38.6 Å². The number of nitrogens with one attached hydrogen (secondary N) is 2. The van der Waals surface area contributed by atoms with Crippen LogP contribution in [0.1, 0.15) is 21.5 Å². The minimum Gasteiger partial charge on any atom is -0.497 e. The number of aldehydes is 1. The molecule has 0 unspecified atom stereocenters. The van der Waals surface area contributed by atoms with Crippen molar-refractivity contribution in [1.29, 1.82) is 5.41 Å². The lowest BCUT2D eigenvalue weighted by Gasteiger charge is -2.09. The molecule has 0 bridgehead atoms. The Balaban J connectivity index is 0.000000257. The number of nitrogen functional groups attached to an aromatic ring is 1. The standard InChI is InChI=1S/C15H12ClFO3.C8H12N4O/c1-19-11-4-2-10(3-5-11)9-20-14-7-6-13(16)12(8-18)15(14)17;1-11-5-3-6(8(10)13-2)7(9)12-4-5/h2-8H,9H2,1H3;3-4,10-11H,1-2H3,(H2,9,12). The number of nitrogens with two attached hydrogens (primary N) is 1. The van der Waals surface area contributed by atoms with Crippen LogP contribution in [-0.4, -0.2) is 38.4 Å². The highest BCUT2D eigenvalue weighted by Crippen LogP contribution is 2.26. The highest BCUT2D eigenvalue weighted by atomic mass is 35.5. The predicted octanol–water partition coefficient (Wildman–Crippen LogP) is 4.56. The molecular formula is C23H24ClFN4O4. The molecule has 0 amide bonds. The second kappa shape index (κ2) is 12.3. The molecular weight excluding hydrogens is 451 g/mol. The van der Waals surface area contributed by atoms with Crippen molar-refractivity contribution >= 4 is 35.3 Å². The number of benzene rings is 2. The average Bonchev–Trinajstić information content (AvgIpc) is 2.84. The molecule has 0 aliphatic heterocycles. The van der Waals surface area contributed by atoms with Crippen molar-refractivity contribution in [2.45, 2.75) is 6.61 Å². The summed E-state index contributed by atoms with van der Waals surface area (Å²) in [6.07, 6.45) is 1.97. The van der Waals surface area contributed by atoms with Gasteiger partial charge in [-0.3, -0.25) is 10.2 Å². The Morgan fingerprint density at radius 1 is 1.24 bits per heavy atom. The first-order chi connectivity index (χ1) is 15.8. The number of anilines is 2. The Morgan fingerprint density at radius 2 is 1.94 bits per heavy atom. The predicted molar refractivity (Wildman–Crippen MR) is 126 cm³/mol. The zero-order valence-electron chi connectivity index (χ0n) is 18.3. The Labute approximate surface area is 196 Å². The number of carbonyl (C=O) groups is 1. The van der Waals surface area contributed by atoms with E-state index >= 15 is 0 Å². The fourth-order valence-electron chi connectivity index (χ4n) is 2.56. The van der Waals surface area contributed by atoms with Gasteiger partial charge in [0.2, 0.25) is 5.90 Å². The van der Waals surface area contributed by atoms with Gasteiger partial charge < -0.3 is 25.3 Å². The van der Waals surface area contributed by atoms with Gasteiger partial charge in [0.1, 0.15) is 18.2 Å². The molecule has 10 heteroatoms. The van der Waals surface area contributed by atoms with Crippen LogP contribution < -0.4 is 20.5 Å². The van der Waals surface area contributed by atoms with Crippen molar-refractivity contribution in [2.24, 2.45) is 0 Å². The lowest BCUT2D eigenvalue weighted by atomic mass is 10.2. The molecule has 0 aliphatic rings. The van der Waals surface area contributed by atoms with Gasteiger partial charge >= 0.3 is 0 Å². The Hall–Kier alpha value is -3.85. The highest BCUT2D eigenvalue weighted by Gasteiger charge is 2.13. The molecule has 0 spiro atoms. The number of ether oxygens (including phenoxy) is 3. The maximum absolute atomic E-state index is 13.9. The second-order valence-corrected chi connectivity index (χ2v) is 6.88. The summed E-state index contributed by atoms with van der Waals surface area (Å²) in [6.45, 7) is 0.181. The van der Waals surface area contributed by atoms with Crippen molar-refractivity contribution in [3.05, 3.63) is 76.2 Å². The normalized spacial score (nSPS) is 9.85. The van der Waals surface area contributed by atoms with Gasteiger partial charge in [-0.2, -0.15) is 0 Å². The summed E-state index contributed by atoms with van der Waals surface area (Å²) in [5.41, 5.74) is 7.51. The van der Waals surface area contributed by atoms with Gasteiger partial charge in [-0.05, 0) is 35.9 Å². The van der Waals surface area contributed by atoms with E-state index in [2.05, 4.69) is 10.3 Å². The number of pyridine rings is 1. The maximum atomic E-state index is 13.9. The fraction of sp³-hybridized carbons (Fsp3) is 0.174. The number of nitrogens with zero attached hydrogens (tertiary/aromatic N) is 1. The van der Waals surface area contributed by atoms with Crippen LogP contribution in [0.5, 0.6) is 11.5 Å². The summed E-state index contributed by atoms with van der Waals surface area (Å²) in [4.78, 5) is 14.7. The Kier molecular flexibility index (Phi) is 9.44. The van der Waals surface area contributed by atoms with Crippen molar-refractivity contribution in [2.75, 3.05) is 32.3 Å². The molecule has 33 heavy (non-hydrogen) atoms. The monoisotopic (exact) mass is 474 g/mol. The largest absolute Gasteiger partial charge is 0.497 e. The average molecular weight is 475 g/mol. The lowest BCUT2D eigenvalue weighted by molar-refractivity contribution is 0.111. The quantitative estimate of drug-likeness (QED) is 0.261. The van der Waals surface area contributed by atoms with Gasteiger partial charge in [0, 0.05) is 7.05 Å². The Morgan fingerprint density at radius 3 is 2.52 bits per heavy atom. The molecule has 0 radical (unpaired) electrons. The van der Waals surface area contributed by atoms with Gasteiger partial charge in [0.15, 0.2) is 17.9 Å². The molecule has 174 valence electrons. The van der Waals surface area contributed by atoms with E-state index < -0.39 is 5.82 Å². The van der Waals surface area contributed by atoms with Gasteiger partial charge in [-0.15, -0.1) is 0 Å². The zero-order valence-corrected chi connectivity index (χ0v) is 19.1. The fourth-order valence-corrected chi connectivity index (χ4v) is 2.75. The third-order valence-electron chi connectivity index (χ3n) is 4.42. The minimum absolute atomic E-state index is 0.00711. The van der Waals surface area contributed by atoms with E-state index in [-0.39, 0.29) is 28.8 Å². The van der Waals surface area contributed by atoms with Crippen molar-refractivity contribution in [3.63, 3.8) is 0 Å². The van der Waals surface area contributed by atoms with E-state index in [0.29, 0.717) is 17.7 Å². The second-order valence-electron chi connectivity index (χ2n) is 6.47. The van der Waals surface area contributed by atoms with Crippen LogP contribution in [0, 0.1) is 11.2 Å². The van der Waals surface area contributed by atoms with E-state index in [1.165, 1.54) is 19.2 Å². The lowest BCUT2D eigenvalue weighted by Crippen LogP contribution is -2.08. The maximum Gasteiger partial charge on any atom is 0.216 e. The third-order valence-corrected chi connectivity index (χ3v) is 4.75. The number of hydrogen-bond donors (Lipinski definition) is 3. The minimum atomic E-state index is -0.749. The van der Waals surface area contributed by atoms with E-state index in [0.717, 1.165) is 17.0 Å². The zero-order chi connectivity index (χ0) is 24.4. The Bertz CT molecular complexity index is 1110. The third kappa shape index (κ3) is 6.81. The molecule has 4 N–H and O–H groups in total. The number of rotatable bonds is 7. The van der Waals surface area contributed by atoms with E-state index in [9.17, 15) is 9.18 Å². The number of halogens is 2. The van der Waals surface area contributed by atoms with Crippen LogP contribution in [0.3, 0.4) is 0 Å². The van der Waals surface area contributed by atoms with Crippen LogP contribution >= 0.6 is 11.6 Å². The molecule has 0 saturated carbocycles. The smallest absolute Gasteiger partial charge is 0.216 e.